The molecule has 2 aromatic rings. The van der Waals surface area contributed by atoms with Crippen molar-refractivity contribution in [3.63, 3.8) is 0 Å². The number of nitrogens with one attached hydrogen (secondary N) is 1. The van der Waals surface area contributed by atoms with Crippen LogP contribution in [0, 0.1) is 6.92 Å². The van der Waals surface area contributed by atoms with E-state index in [0.717, 1.165) is 36.8 Å². The van der Waals surface area contributed by atoms with E-state index in [0.29, 0.717) is 17.9 Å². The summed E-state index contributed by atoms with van der Waals surface area (Å²) >= 11 is 0. The lowest BCUT2D eigenvalue weighted by Gasteiger charge is -2.31. The molecular formula is C29H41N3O5S. The van der Waals surface area contributed by atoms with Crippen molar-refractivity contribution in [3.8, 4) is 5.75 Å². The first-order valence-corrected chi connectivity index (χ1v) is 15.2. The molecule has 1 N–H and O–H groups in total. The Morgan fingerprint density at radius 1 is 1.08 bits per heavy atom. The van der Waals surface area contributed by atoms with Crippen LogP contribution in [0.15, 0.2) is 48.5 Å². The Morgan fingerprint density at radius 3 is 2.37 bits per heavy atom. The van der Waals surface area contributed by atoms with Gasteiger partial charge in [-0.25, -0.2) is 8.42 Å². The molecule has 1 aliphatic rings. The number of hydrogen-bond acceptors (Lipinski definition) is 5. The third-order valence-corrected chi connectivity index (χ3v) is 8.27. The lowest BCUT2D eigenvalue weighted by molar-refractivity contribution is -0.141. The van der Waals surface area contributed by atoms with Crippen molar-refractivity contribution in [2.75, 3.05) is 24.2 Å². The van der Waals surface area contributed by atoms with E-state index in [2.05, 4.69) is 5.32 Å². The minimum atomic E-state index is -3.52. The van der Waals surface area contributed by atoms with E-state index < -0.39 is 16.1 Å². The average molecular weight is 544 g/mol. The third kappa shape index (κ3) is 8.48. The van der Waals surface area contributed by atoms with Crippen LogP contribution < -0.4 is 14.4 Å². The summed E-state index contributed by atoms with van der Waals surface area (Å²) in [4.78, 5) is 28.2. The van der Waals surface area contributed by atoms with E-state index in [1.54, 1.807) is 25.0 Å². The third-order valence-electron chi connectivity index (χ3n) is 7.07. The number of amides is 2. The summed E-state index contributed by atoms with van der Waals surface area (Å²) in [5.41, 5.74) is 2.42. The Morgan fingerprint density at radius 2 is 1.76 bits per heavy atom. The monoisotopic (exact) mass is 543 g/mol. The maximum atomic E-state index is 13.5. The van der Waals surface area contributed by atoms with E-state index in [1.807, 2.05) is 49.4 Å². The molecular weight excluding hydrogens is 502 g/mol. The molecule has 1 saturated carbocycles. The highest BCUT2D eigenvalue weighted by Crippen LogP contribution is 2.22. The molecule has 0 radical (unpaired) electrons. The Bertz CT molecular complexity index is 1180. The first-order valence-electron chi connectivity index (χ1n) is 13.4. The number of sulfonamides is 1. The molecule has 1 unspecified atom stereocenters. The van der Waals surface area contributed by atoms with E-state index in [1.165, 1.54) is 17.0 Å². The zero-order chi connectivity index (χ0) is 27.7. The highest BCUT2D eigenvalue weighted by molar-refractivity contribution is 7.92. The molecule has 1 atom stereocenters. The zero-order valence-corrected chi connectivity index (χ0v) is 23.8. The second kappa shape index (κ2) is 13.6. The molecule has 1 fully saturated rings. The van der Waals surface area contributed by atoms with Crippen LogP contribution in [0.5, 0.6) is 5.75 Å². The smallest absolute Gasteiger partial charge is 0.242 e. The first-order chi connectivity index (χ1) is 18.1. The van der Waals surface area contributed by atoms with Gasteiger partial charge in [0.25, 0.3) is 0 Å². The molecule has 0 aromatic heterocycles. The largest absolute Gasteiger partial charge is 0.497 e. The van der Waals surface area contributed by atoms with Crippen molar-refractivity contribution in [3.05, 3.63) is 59.7 Å². The molecule has 8 nitrogen and oxygen atoms in total. The average Bonchev–Trinajstić information content (AvgIpc) is 2.89. The summed E-state index contributed by atoms with van der Waals surface area (Å²) in [7, 11) is -1.93. The van der Waals surface area contributed by atoms with Gasteiger partial charge in [-0.3, -0.25) is 13.9 Å². The summed E-state index contributed by atoms with van der Waals surface area (Å²) in [6.07, 6.45) is 6.94. The van der Waals surface area contributed by atoms with E-state index in [4.69, 9.17) is 4.74 Å². The van der Waals surface area contributed by atoms with Gasteiger partial charge < -0.3 is 15.0 Å². The van der Waals surface area contributed by atoms with Gasteiger partial charge in [0.05, 0.1) is 19.1 Å². The van der Waals surface area contributed by atoms with Crippen molar-refractivity contribution in [2.24, 2.45) is 0 Å². The van der Waals surface area contributed by atoms with Gasteiger partial charge >= 0.3 is 0 Å². The number of benzene rings is 2. The fourth-order valence-corrected chi connectivity index (χ4v) is 5.82. The van der Waals surface area contributed by atoms with Gasteiger partial charge in [-0.1, -0.05) is 43.5 Å². The Hall–Kier alpha value is -3.07. The van der Waals surface area contributed by atoms with Crippen LogP contribution in [0.25, 0.3) is 0 Å². The highest BCUT2D eigenvalue weighted by atomic mass is 32.2. The van der Waals surface area contributed by atoms with Gasteiger partial charge in [0.1, 0.15) is 11.8 Å². The van der Waals surface area contributed by atoms with Gasteiger partial charge in [0.15, 0.2) is 0 Å². The number of hydrogen-bond donors (Lipinski definition) is 1. The van der Waals surface area contributed by atoms with Gasteiger partial charge in [-0.2, -0.15) is 0 Å². The van der Waals surface area contributed by atoms with Crippen molar-refractivity contribution < 1.29 is 22.7 Å². The summed E-state index contributed by atoms with van der Waals surface area (Å²) in [6, 6.07) is 14.2. The number of rotatable bonds is 12. The Balaban J connectivity index is 1.72. The fraction of sp³-hybridized carbons (Fsp3) is 0.517. The minimum absolute atomic E-state index is 0.120. The number of carbonyl (C=O) groups is 2. The first kappa shape index (κ1) is 29.5. The summed E-state index contributed by atoms with van der Waals surface area (Å²) in [5.74, 6) is 0.368. The minimum Gasteiger partial charge on any atom is -0.497 e. The van der Waals surface area contributed by atoms with E-state index in [-0.39, 0.29) is 37.4 Å². The van der Waals surface area contributed by atoms with Gasteiger partial charge in [0, 0.05) is 25.6 Å². The molecule has 0 bridgehead atoms. The molecule has 0 spiro atoms. The topological polar surface area (TPSA) is 96.0 Å². The summed E-state index contributed by atoms with van der Waals surface area (Å²) in [6.45, 7) is 4.11. The molecule has 3 rings (SSSR count). The second-order valence-corrected chi connectivity index (χ2v) is 12.1. The Kier molecular flexibility index (Phi) is 10.6. The summed E-state index contributed by atoms with van der Waals surface area (Å²) in [5, 5.41) is 3.14. The van der Waals surface area contributed by atoms with Gasteiger partial charge in [0.2, 0.25) is 21.8 Å². The van der Waals surface area contributed by atoms with Gasteiger partial charge in [-0.05, 0) is 68.5 Å². The summed E-state index contributed by atoms with van der Waals surface area (Å²) < 4.78 is 31.6. The molecule has 0 aliphatic heterocycles. The number of nitrogens with zero attached hydrogens (tertiary/aromatic N) is 2. The molecule has 0 heterocycles. The van der Waals surface area contributed by atoms with Crippen LogP contribution in [-0.2, 0) is 26.2 Å². The molecule has 9 heteroatoms. The predicted molar refractivity (Wildman–Crippen MR) is 151 cm³/mol. The van der Waals surface area contributed by atoms with Crippen molar-refractivity contribution in [1.82, 2.24) is 10.2 Å². The predicted octanol–water partition coefficient (Wildman–Crippen LogP) is 4.42. The quantitative estimate of drug-likeness (QED) is 0.428. The van der Waals surface area contributed by atoms with Crippen molar-refractivity contribution in [2.45, 2.75) is 77.4 Å². The Labute approximate surface area is 227 Å². The number of ether oxygens (including phenoxy) is 1. The number of carbonyl (C=O) groups excluding carboxylic acids is 2. The van der Waals surface area contributed by atoms with Crippen LogP contribution in [0.2, 0.25) is 0 Å². The molecule has 2 amide bonds. The molecule has 38 heavy (non-hydrogen) atoms. The number of methoxy groups -OCH3 is 1. The molecule has 1 aliphatic carbocycles. The van der Waals surface area contributed by atoms with Crippen LogP contribution in [0.4, 0.5) is 5.69 Å². The van der Waals surface area contributed by atoms with Crippen LogP contribution in [0.1, 0.15) is 63.0 Å². The molecule has 2 aromatic carbocycles. The highest BCUT2D eigenvalue weighted by Gasteiger charge is 2.28. The standard InChI is InChI=1S/C29H41N3O5S/c1-22-10-8-13-26(20-22)32(38(4,35)36)19-9-14-28(33)31(21-24-15-17-27(37-3)18-16-24)23(2)29(34)30-25-11-6-5-7-12-25/h8,10,13,15-18,20,23,25H,5-7,9,11-12,14,19,21H2,1-4H3,(H,30,34). The second-order valence-electron chi connectivity index (χ2n) is 10.2. The molecule has 0 saturated heterocycles. The van der Waals surface area contributed by atoms with Gasteiger partial charge in [-0.15, -0.1) is 0 Å². The fourth-order valence-electron chi connectivity index (χ4n) is 4.87. The number of anilines is 1. The lowest BCUT2D eigenvalue weighted by atomic mass is 9.95. The van der Waals surface area contributed by atoms with Crippen molar-refractivity contribution >= 4 is 27.5 Å². The maximum Gasteiger partial charge on any atom is 0.242 e. The zero-order valence-electron chi connectivity index (χ0n) is 23.0. The lowest BCUT2D eigenvalue weighted by Crippen LogP contribution is -2.50. The molecule has 208 valence electrons. The van der Waals surface area contributed by atoms with Crippen LogP contribution >= 0.6 is 0 Å². The van der Waals surface area contributed by atoms with Crippen molar-refractivity contribution in [1.29, 1.82) is 0 Å². The van der Waals surface area contributed by atoms with E-state index >= 15 is 0 Å². The SMILES string of the molecule is COc1ccc(CN(C(=O)CCCN(c2cccc(C)c2)S(C)(=O)=O)C(C)C(=O)NC2CCCCC2)cc1. The van der Waals surface area contributed by atoms with Crippen LogP contribution in [0.3, 0.4) is 0 Å². The van der Waals surface area contributed by atoms with Crippen LogP contribution in [-0.4, -0.2) is 57.1 Å². The normalized spacial score (nSPS) is 14.9. The maximum absolute atomic E-state index is 13.5. The number of aryl methyl sites for hydroxylation is 1. The van der Waals surface area contributed by atoms with E-state index in [9.17, 15) is 18.0 Å².